The lowest BCUT2D eigenvalue weighted by Crippen LogP contribution is -2.30. The van der Waals surface area contributed by atoms with Crippen LogP contribution in [0, 0.1) is 11.8 Å². The first-order valence-electron chi connectivity index (χ1n) is 6.95. The number of aliphatic hydroxyl groups excluding tert-OH is 1. The van der Waals surface area contributed by atoms with Crippen LogP contribution in [0.25, 0.3) is 0 Å². The fourth-order valence-corrected chi connectivity index (χ4v) is 2.04. The third-order valence-electron chi connectivity index (χ3n) is 3.38. The molecule has 0 aliphatic carbocycles. The zero-order valence-corrected chi connectivity index (χ0v) is 12.4. The summed E-state index contributed by atoms with van der Waals surface area (Å²) in [6.45, 7) is 9.23. The Labute approximate surface area is 120 Å². The highest BCUT2D eigenvalue weighted by atomic mass is 16.6. The minimum atomic E-state index is -0.772. The van der Waals surface area contributed by atoms with Crippen molar-refractivity contribution < 1.29 is 19.4 Å². The molecule has 0 saturated carbocycles. The molecule has 1 aliphatic rings. The minimum Gasteiger partial charge on any atom is -0.459 e. The van der Waals surface area contributed by atoms with Crippen molar-refractivity contribution >= 4 is 5.97 Å². The van der Waals surface area contributed by atoms with Crippen LogP contribution in [0.15, 0.2) is 37.0 Å². The molecule has 1 saturated heterocycles. The predicted octanol–water partition coefficient (Wildman–Crippen LogP) is 2.60. The molecular formula is C16H24O4. The number of allylic oxidation sites excluding steroid dienone is 3. The monoisotopic (exact) mass is 280 g/mol. The van der Waals surface area contributed by atoms with Gasteiger partial charge in [-0.1, -0.05) is 37.3 Å². The van der Waals surface area contributed by atoms with Crippen LogP contribution >= 0.6 is 0 Å². The number of ether oxygens (including phenoxy) is 2. The number of esters is 1. The van der Waals surface area contributed by atoms with E-state index < -0.39 is 12.2 Å². The lowest BCUT2D eigenvalue weighted by atomic mass is 10.0. The van der Waals surface area contributed by atoms with E-state index >= 15 is 0 Å². The predicted molar refractivity (Wildman–Crippen MR) is 77.9 cm³/mol. The second-order valence-electron chi connectivity index (χ2n) is 5.09. The van der Waals surface area contributed by atoms with Gasteiger partial charge in [-0.15, -0.1) is 6.58 Å². The van der Waals surface area contributed by atoms with Crippen molar-refractivity contribution in [2.75, 3.05) is 0 Å². The molecule has 20 heavy (non-hydrogen) atoms. The van der Waals surface area contributed by atoms with Gasteiger partial charge in [0.25, 0.3) is 0 Å². The molecule has 0 amide bonds. The highest BCUT2D eigenvalue weighted by Crippen LogP contribution is 2.27. The van der Waals surface area contributed by atoms with Gasteiger partial charge >= 0.3 is 5.97 Å². The van der Waals surface area contributed by atoms with Gasteiger partial charge in [-0.25, -0.2) is 0 Å². The second-order valence-corrected chi connectivity index (χ2v) is 5.09. The first-order valence-corrected chi connectivity index (χ1v) is 6.95. The normalized spacial score (nSPS) is 29.7. The summed E-state index contributed by atoms with van der Waals surface area (Å²) in [5.74, 6) is -0.769. The van der Waals surface area contributed by atoms with E-state index in [0.717, 1.165) is 0 Å². The molecule has 0 aromatic rings. The van der Waals surface area contributed by atoms with Crippen LogP contribution in [-0.4, -0.2) is 29.6 Å². The van der Waals surface area contributed by atoms with Gasteiger partial charge in [-0.2, -0.15) is 0 Å². The summed E-state index contributed by atoms with van der Waals surface area (Å²) < 4.78 is 10.8. The Morgan fingerprint density at radius 1 is 1.50 bits per heavy atom. The molecule has 4 nitrogen and oxygen atoms in total. The molecular weight excluding hydrogens is 256 g/mol. The van der Waals surface area contributed by atoms with Gasteiger partial charge in [-0.3, -0.25) is 4.79 Å². The van der Waals surface area contributed by atoms with Gasteiger partial charge in [0.2, 0.25) is 0 Å². The van der Waals surface area contributed by atoms with Crippen LogP contribution in [-0.2, 0) is 14.3 Å². The molecule has 112 valence electrons. The summed E-state index contributed by atoms with van der Waals surface area (Å²) in [4.78, 5) is 12.0. The summed E-state index contributed by atoms with van der Waals surface area (Å²) in [6, 6.07) is 0. The summed E-state index contributed by atoms with van der Waals surface area (Å²) in [7, 11) is 0. The first-order chi connectivity index (χ1) is 9.49. The fourth-order valence-electron chi connectivity index (χ4n) is 2.04. The highest BCUT2D eigenvalue weighted by Gasteiger charge is 2.35. The van der Waals surface area contributed by atoms with Crippen LogP contribution in [0.4, 0.5) is 0 Å². The maximum atomic E-state index is 12.0. The van der Waals surface area contributed by atoms with Crippen molar-refractivity contribution in [1.82, 2.24) is 0 Å². The molecule has 1 rings (SSSR count). The average Bonchev–Trinajstić information content (AvgIpc) is 2.75. The molecule has 1 N–H and O–H groups in total. The SMILES string of the molecule is C=CC(/C=C\C=C/C)C(=O)O[C@H](C)C1CC(C)C(O)O1. The van der Waals surface area contributed by atoms with E-state index in [2.05, 4.69) is 6.58 Å². The van der Waals surface area contributed by atoms with Crippen molar-refractivity contribution in [3.05, 3.63) is 37.0 Å². The van der Waals surface area contributed by atoms with E-state index in [4.69, 9.17) is 9.47 Å². The fraction of sp³-hybridized carbons (Fsp3) is 0.562. The molecule has 1 fully saturated rings. The van der Waals surface area contributed by atoms with Gasteiger partial charge < -0.3 is 14.6 Å². The lowest BCUT2D eigenvalue weighted by Gasteiger charge is -2.20. The zero-order valence-electron chi connectivity index (χ0n) is 12.4. The number of hydrogen-bond acceptors (Lipinski definition) is 4. The summed E-state index contributed by atoms with van der Waals surface area (Å²) >= 11 is 0. The highest BCUT2D eigenvalue weighted by molar-refractivity contribution is 5.76. The Morgan fingerprint density at radius 3 is 2.70 bits per heavy atom. The van der Waals surface area contributed by atoms with Crippen LogP contribution in [0.5, 0.6) is 0 Å². The largest absolute Gasteiger partial charge is 0.459 e. The molecule has 4 unspecified atom stereocenters. The number of carbonyl (C=O) groups excluding carboxylic acids is 1. The molecule has 1 aliphatic heterocycles. The van der Waals surface area contributed by atoms with Crippen molar-refractivity contribution in [1.29, 1.82) is 0 Å². The molecule has 0 aromatic heterocycles. The molecule has 0 aromatic carbocycles. The third kappa shape index (κ3) is 4.62. The molecule has 4 heteroatoms. The van der Waals surface area contributed by atoms with Crippen molar-refractivity contribution in [3.63, 3.8) is 0 Å². The van der Waals surface area contributed by atoms with E-state index in [1.165, 1.54) is 0 Å². The van der Waals surface area contributed by atoms with Crippen LogP contribution in [0.3, 0.4) is 0 Å². The van der Waals surface area contributed by atoms with E-state index in [1.54, 1.807) is 25.2 Å². The standard InChI is InChI=1S/C16H24O4/c1-5-7-8-9-13(6-2)16(18)19-12(4)14-10-11(3)15(17)20-14/h5-9,11-15,17H,2,10H2,1,3-4H3/b7-5-,9-8-/t11?,12-,13?,14?,15?/m1/s1. The lowest BCUT2D eigenvalue weighted by molar-refractivity contribution is -0.166. The minimum absolute atomic E-state index is 0.0611. The van der Waals surface area contributed by atoms with Crippen LogP contribution in [0.2, 0.25) is 0 Å². The number of rotatable bonds is 6. The van der Waals surface area contributed by atoms with Gasteiger partial charge in [0.15, 0.2) is 6.29 Å². The second kappa shape index (κ2) is 8.02. The van der Waals surface area contributed by atoms with Crippen LogP contribution < -0.4 is 0 Å². The topological polar surface area (TPSA) is 55.8 Å². The maximum absolute atomic E-state index is 12.0. The summed E-state index contributed by atoms with van der Waals surface area (Å²) in [5, 5.41) is 9.55. The van der Waals surface area contributed by atoms with Gasteiger partial charge in [0.05, 0.1) is 12.0 Å². The van der Waals surface area contributed by atoms with Gasteiger partial charge in [0, 0.05) is 5.92 Å². The van der Waals surface area contributed by atoms with Crippen molar-refractivity contribution in [3.8, 4) is 0 Å². The van der Waals surface area contributed by atoms with Crippen molar-refractivity contribution in [2.24, 2.45) is 11.8 Å². The third-order valence-corrected chi connectivity index (χ3v) is 3.38. The molecule has 5 atom stereocenters. The molecule has 1 heterocycles. The number of hydrogen-bond donors (Lipinski definition) is 1. The molecule has 0 bridgehead atoms. The molecule has 0 radical (unpaired) electrons. The Bertz CT molecular complexity index is 376. The number of carbonyl (C=O) groups is 1. The van der Waals surface area contributed by atoms with E-state index in [-0.39, 0.29) is 24.1 Å². The maximum Gasteiger partial charge on any atom is 0.317 e. The Hall–Kier alpha value is -1.39. The zero-order chi connectivity index (χ0) is 15.1. The summed E-state index contributed by atoms with van der Waals surface area (Å²) in [5.41, 5.74) is 0. The Morgan fingerprint density at radius 2 is 2.20 bits per heavy atom. The van der Waals surface area contributed by atoms with Crippen LogP contribution in [0.1, 0.15) is 27.2 Å². The summed E-state index contributed by atoms with van der Waals surface area (Å²) in [6.07, 6.45) is 8.04. The van der Waals surface area contributed by atoms with E-state index in [0.29, 0.717) is 6.42 Å². The van der Waals surface area contributed by atoms with Gasteiger partial charge in [-0.05, 0) is 20.3 Å². The number of aliphatic hydroxyl groups is 1. The average molecular weight is 280 g/mol. The first kappa shape index (κ1) is 16.7. The quantitative estimate of drug-likeness (QED) is 0.461. The van der Waals surface area contributed by atoms with E-state index in [1.807, 2.05) is 26.0 Å². The Kier molecular flexibility index (Phi) is 6.68. The van der Waals surface area contributed by atoms with Crippen molar-refractivity contribution in [2.45, 2.75) is 45.7 Å². The molecule has 0 spiro atoms. The van der Waals surface area contributed by atoms with E-state index in [9.17, 15) is 9.90 Å². The smallest absolute Gasteiger partial charge is 0.317 e. The Balaban J connectivity index is 2.53. The van der Waals surface area contributed by atoms with Gasteiger partial charge in [0.1, 0.15) is 6.10 Å².